The number of hydrogen-bond acceptors (Lipinski definition) is 5. The van der Waals surface area contributed by atoms with Crippen molar-refractivity contribution in [1.82, 2.24) is 19.6 Å². The van der Waals surface area contributed by atoms with E-state index in [2.05, 4.69) is 23.8 Å². The maximum absolute atomic E-state index is 12.9. The molecule has 7 nitrogen and oxygen atoms in total. The van der Waals surface area contributed by atoms with Crippen LogP contribution in [0.3, 0.4) is 0 Å². The average molecular weight is 377 g/mol. The van der Waals surface area contributed by atoms with Gasteiger partial charge in [0.25, 0.3) is 0 Å². The first kappa shape index (κ1) is 19.9. The average Bonchev–Trinajstić information content (AvgIpc) is 3.14. The molecule has 27 heavy (non-hydrogen) atoms. The fraction of sp³-hybridized carbons (Fsp3) is 0.750. The molecule has 1 amide bonds. The lowest BCUT2D eigenvalue weighted by Crippen LogP contribution is -2.44. The van der Waals surface area contributed by atoms with Gasteiger partial charge in [0, 0.05) is 51.4 Å². The molecule has 2 saturated heterocycles. The van der Waals surface area contributed by atoms with Crippen molar-refractivity contribution in [3.05, 3.63) is 18.0 Å². The van der Waals surface area contributed by atoms with Crippen LogP contribution in [0.2, 0.25) is 0 Å². The first-order valence-electron chi connectivity index (χ1n) is 10.0. The van der Waals surface area contributed by atoms with Gasteiger partial charge < -0.3 is 9.64 Å². The molecule has 0 unspecified atom stereocenters. The van der Waals surface area contributed by atoms with Gasteiger partial charge in [-0.15, -0.1) is 0 Å². The van der Waals surface area contributed by atoms with E-state index in [1.54, 1.807) is 4.68 Å². The summed E-state index contributed by atoms with van der Waals surface area (Å²) in [5.74, 6) is 0.127. The SMILES string of the molecule is CCOC(=O)[C@]12CCCN(C(=O)Cc3ccn(C)n3)C[C@H]1CN(C(C)C)C2. The molecule has 0 bridgehead atoms. The van der Waals surface area contributed by atoms with Crippen molar-refractivity contribution in [3.63, 3.8) is 0 Å². The molecule has 2 aliphatic rings. The Hall–Kier alpha value is -1.89. The standard InChI is InChI=1S/C20H32N4O3/c1-5-27-19(26)20-8-6-9-23(12-16(20)13-24(14-20)15(2)3)18(25)11-17-7-10-22(4)21-17/h7,10,15-16H,5-6,8-9,11-14H2,1-4H3/t16-,20-/m0/s1. The van der Waals surface area contributed by atoms with Crippen LogP contribution in [0, 0.1) is 11.3 Å². The molecule has 3 rings (SSSR count). The number of carbonyl (C=O) groups excluding carboxylic acids is 2. The maximum Gasteiger partial charge on any atom is 0.313 e. The Labute approximate surface area is 161 Å². The van der Waals surface area contributed by atoms with Gasteiger partial charge in [-0.05, 0) is 39.7 Å². The molecule has 0 aliphatic carbocycles. The van der Waals surface area contributed by atoms with Crippen LogP contribution < -0.4 is 0 Å². The summed E-state index contributed by atoms with van der Waals surface area (Å²) in [5.41, 5.74) is 0.305. The van der Waals surface area contributed by atoms with Gasteiger partial charge in [-0.25, -0.2) is 0 Å². The second-order valence-electron chi connectivity index (χ2n) is 8.20. The van der Waals surface area contributed by atoms with Crippen molar-refractivity contribution < 1.29 is 14.3 Å². The topological polar surface area (TPSA) is 67.7 Å². The van der Waals surface area contributed by atoms with Crippen LogP contribution in [0.1, 0.15) is 39.3 Å². The smallest absolute Gasteiger partial charge is 0.313 e. The maximum atomic E-state index is 12.9. The van der Waals surface area contributed by atoms with Gasteiger partial charge >= 0.3 is 5.97 Å². The van der Waals surface area contributed by atoms with Crippen molar-refractivity contribution in [2.24, 2.45) is 18.4 Å². The minimum atomic E-state index is -0.486. The number of ether oxygens (including phenoxy) is 1. The summed E-state index contributed by atoms with van der Waals surface area (Å²) in [4.78, 5) is 30.1. The zero-order chi connectivity index (χ0) is 19.6. The lowest BCUT2D eigenvalue weighted by Gasteiger charge is -2.31. The highest BCUT2D eigenvalue weighted by Gasteiger charge is 2.54. The van der Waals surface area contributed by atoms with Gasteiger partial charge in [0.2, 0.25) is 5.91 Å². The van der Waals surface area contributed by atoms with Crippen LogP contribution in [0.5, 0.6) is 0 Å². The number of esters is 1. The van der Waals surface area contributed by atoms with E-state index in [-0.39, 0.29) is 17.8 Å². The molecular formula is C20H32N4O3. The van der Waals surface area contributed by atoms with E-state index in [4.69, 9.17) is 4.74 Å². The van der Waals surface area contributed by atoms with Gasteiger partial charge in [0.05, 0.1) is 24.1 Å². The summed E-state index contributed by atoms with van der Waals surface area (Å²) >= 11 is 0. The minimum Gasteiger partial charge on any atom is -0.466 e. The lowest BCUT2D eigenvalue weighted by molar-refractivity contribution is -0.158. The first-order valence-corrected chi connectivity index (χ1v) is 10.0. The molecule has 0 saturated carbocycles. The molecule has 0 spiro atoms. The van der Waals surface area contributed by atoms with Crippen LogP contribution in [0.15, 0.2) is 12.3 Å². The Morgan fingerprint density at radius 3 is 2.78 bits per heavy atom. The largest absolute Gasteiger partial charge is 0.466 e. The van der Waals surface area contributed by atoms with Crippen LogP contribution in [0.25, 0.3) is 0 Å². The third kappa shape index (κ3) is 4.03. The number of likely N-dealkylation sites (tertiary alicyclic amines) is 2. The van der Waals surface area contributed by atoms with Crippen molar-refractivity contribution in [1.29, 1.82) is 0 Å². The number of carbonyl (C=O) groups is 2. The highest BCUT2D eigenvalue weighted by Crippen LogP contribution is 2.44. The van der Waals surface area contributed by atoms with Gasteiger partial charge in [-0.3, -0.25) is 19.2 Å². The third-order valence-electron chi connectivity index (χ3n) is 6.08. The predicted molar refractivity (Wildman–Crippen MR) is 102 cm³/mol. The van der Waals surface area contributed by atoms with E-state index in [1.165, 1.54) is 0 Å². The second kappa shape index (κ2) is 8.00. The Bertz CT molecular complexity index is 687. The molecular weight excluding hydrogens is 344 g/mol. The monoisotopic (exact) mass is 376 g/mol. The number of hydrogen-bond donors (Lipinski definition) is 0. The highest BCUT2D eigenvalue weighted by atomic mass is 16.5. The van der Waals surface area contributed by atoms with Crippen molar-refractivity contribution in [3.8, 4) is 0 Å². The number of amides is 1. The fourth-order valence-corrected chi connectivity index (χ4v) is 4.52. The van der Waals surface area contributed by atoms with Crippen LogP contribution >= 0.6 is 0 Å². The highest BCUT2D eigenvalue weighted by molar-refractivity contribution is 5.80. The molecule has 0 radical (unpaired) electrons. The van der Waals surface area contributed by atoms with Crippen molar-refractivity contribution >= 4 is 11.9 Å². The second-order valence-corrected chi connectivity index (χ2v) is 8.20. The molecule has 1 aromatic rings. The van der Waals surface area contributed by atoms with Crippen LogP contribution in [0.4, 0.5) is 0 Å². The Morgan fingerprint density at radius 2 is 2.15 bits per heavy atom. The minimum absolute atomic E-state index is 0.0859. The molecule has 0 N–H and O–H groups in total. The zero-order valence-electron chi connectivity index (χ0n) is 17.0. The summed E-state index contributed by atoms with van der Waals surface area (Å²) in [5, 5.41) is 4.32. The van der Waals surface area contributed by atoms with Gasteiger partial charge in [0.1, 0.15) is 0 Å². The lowest BCUT2D eigenvalue weighted by atomic mass is 9.75. The van der Waals surface area contributed by atoms with Gasteiger partial charge in [-0.1, -0.05) is 0 Å². The van der Waals surface area contributed by atoms with Crippen LogP contribution in [-0.4, -0.2) is 70.3 Å². The normalized spacial score (nSPS) is 26.1. The fourth-order valence-electron chi connectivity index (χ4n) is 4.52. The quantitative estimate of drug-likeness (QED) is 0.728. The van der Waals surface area contributed by atoms with Gasteiger partial charge in [0.15, 0.2) is 0 Å². The molecule has 7 heteroatoms. The molecule has 150 valence electrons. The number of aryl methyl sites for hydroxylation is 1. The first-order chi connectivity index (χ1) is 12.9. The number of rotatable bonds is 5. The van der Waals surface area contributed by atoms with E-state index >= 15 is 0 Å². The Balaban J connectivity index is 1.77. The Morgan fingerprint density at radius 1 is 1.37 bits per heavy atom. The predicted octanol–water partition coefficient (Wildman–Crippen LogP) is 1.47. The summed E-state index contributed by atoms with van der Waals surface area (Å²) in [7, 11) is 1.85. The van der Waals surface area contributed by atoms with E-state index in [9.17, 15) is 9.59 Å². The summed E-state index contributed by atoms with van der Waals surface area (Å²) in [6, 6.07) is 2.26. The summed E-state index contributed by atoms with van der Waals surface area (Å²) < 4.78 is 7.20. The third-order valence-corrected chi connectivity index (χ3v) is 6.08. The van der Waals surface area contributed by atoms with E-state index in [1.807, 2.05) is 31.1 Å². The summed E-state index contributed by atoms with van der Waals surface area (Å²) in [6.45, 7) is 9.47. The molecule has 1 aromatic heterocycles. The molecule has 0 aromatic carbocycles. The van der Waals surface area contributed by atoms with E-state index < -0.39 is 5.41 Å². The van der Waals surface area contributed by atoms with Crippen molar-refractivity contribution in [2.75, 3.05) is 32.8 Å². The molecule has 3 heterocycles. The molecule has 2 aliphatic heterocycles. The Kier molecular flexibility index (Phi) is 5.89. The summed E-state index contributed by atoms with van der Waals surface area (Å²) in [6.07, 6.45) is 3.78. The number of nitrogens with zero attached hydrogens (tertiary/aromatic N) is 4. The van der Waals surface area contributed by atoms with Crippen molar-refractivity contribution in [2.45, 2.75) is 46.1 Å². The van der Waals surface area contributed by atoms with Gasteiger partial charge in [-0.2, -0.15) is 5.10 Å². The van der Waals surface area contributed by atoms with E-state index in [0.717, 1.165) is 31.6 Å². The molecule has 2 fully saturated rings. The van der Waals surface area contributed by atoms with E-state index in [0.29, 0.717) is 32.2 Å². The molecule has 2 atom stereocenters. The number of aromatic nitrogens is 2. The van der Waals surface area contributed by atoms with Crippen LogP contribution in [-0.2, 0) is 27.8 Å². The number of fused-ring (bicyclic) bond motifs is 1. The zero-order valence-corrected chi connectivity index (χ0v) is 17.0.